The minimum atomic E-state index is -0.0204. The lowest BCUT2D eigenvalue weighted by molar-refractivity contribution is 0.0375. The molecule has 0 aliphatic carbocycles. The standard InChI is InChI=1S/C19H31NO/c1-4-6-7-8-11-14-19(3)15-17(20-5-2)16-12-9-10-13-18(16)21-19/h9-10,12-13,17,20H,4-8,11,14-15H2,1-3H3. The molecule has 0 saturated carbocycles. The number of hydrogen-bond donors (Lipinski definition) is 1. The Kier molecular flexibility index (Phi) is 6.10. The summed E-state index contributed by atoms with van der Waals surface area (Å²) in [5, 5.41) is 3.63. The maximum Gasteiger partial charge on any atom is 0.124 e. The van der Waals surface area contributed by atoms with Crippen LogP contribution in [0, 0.1) is 0 Å². The van der Waals surface area contributed by atoms with Crippen molar-refractivity contribution in [1.29, 1.82) is 0 Å². The third-order valence-electron chi connectivity index (χ3n) is 4.55. The van der Waals surface area contributed by atoms with Gasteiger partial charge in [0, 0.05) is 18.0 Å². The van der Waals surface area contributed by atoms with E-state index in [4.69, 9.17) is 4.74 Å². The minimum Gasteiger partial charge on any atom is -0.487 e. The predicted octanol–water partition coefficient (Wildman–Crippen LogP) is 5.24. The number of nitrogens with one attached hydrogen (secondary N) is 1. The molecule has 1 aromatic carbocycles. The fourth-order valence-electron chi connectivity index (χ4n) is 3.39. The molecule has 2 heteroatoms. The molecule has 1 aromatic rings. The smallest absolute Gasteiger partial charge is 0.124 e. The van der Waals surface area contributed by atoms with Gasteiger partial charge < -0.3 is 10.1 Å². The number of unbranched alkanes of at least 4 members (excludes halogenated alkanes) is 4. The molecule has 2 atom stereocenters. The Labute approximate surface area is 130 Å². The monoisotopic (exact) mass is 289 g/mol. The molecular formula is C19H31NO. The molecule has 0 aromatic heterocycles. The van der Waals surface area contributed by atoms with Gasteiger partial charge in [-0.05, 0) is 32.4 Å². The molecule has 2 rings (SSSR count). The van der Waals surface area contributed by atoms with E-state index >= 15 is 0 Å². The lowest BCUT2D eigenvalue weighted by Crippen LogP contribution is -2.41. The van der Waals surface area contributed by atoms with Crippen LogP contribution in [0.2, 0.25) is 0 Å². The van der Waals surface area contributed by atoms with Crippen molar-refractivity contribution in [2.45, 2.75) is 77.4 Å². The number of para-hydroxylation sites is 1. The molecule has 2 nitrogen and oxygen atoms in total. The molecule has 0 amide bonds. The molecule has 0 saturated heterocycles. The predicted molar refractivity (Wildman–Crippen MR) is 89.9 cm³/mol. The Bertz CT molecular complexity index is 431. The molecule has 1 aliphatic rings. The quantitative estimate of drug-likeness (QED) is 0.661. The Balaban J connectivity index is 1.98. The maximum atomic E-state index is 6.36. The van der Waals surface area contributed by atoms with Gasteiger partial charge in [0.1, 0.15) is 11.4 Å². The van der Waals surface area contributed by atoms with Crippen molar-refractivity contribution in [2.24, 2.45) is 0 Å². The Morgan fingerprint density at radius 1 is 1.14 bits per heavy atom. The van der Waals surface area contributed by atoms with Gasteiger partial charge in [-0.2, -0.15) is 0 Å². The molecule has 1 aliphatic heterocycles. The van der Waals surface area contributed by atoms with Crippen LogP contribution in [0.3, 0.4) is 0 Å². The van der Waals surface area contributed by atoms with Crippen molar-refractivity contribution < 1.29 is 4.74 Å². The van der Waals surface area contributed by atoms with Crippen molar-refractivity contribution in [3.05, 3.63) is 29.8 Å². The van der Waals surface area contributed by atoms with Crippen LogP contribution < -0.4 is 10.1 Å². The van der Waals surface area contributed by atoms with E-state index in [9.17, 15) is 0 Å². The molecule has 118 valence electrons. The molecule has 0 spiro atoms. The first-order chi connectivity index (χ1) is 10.2. The van der Waals surface area contributed by atoms with Crippen LogP contribution in [0.15, 0.2) is 24.3 Å². The summed E-state index contributed by atoms with van der Waals surface area (Å²) in [6, 6.07) is 8.94. The second-order valence-corrected chi connectivity index (χ2v) is 6.57. The van der Waals surface area contributed by atoms with Crippen molar-refractivity contribution in [1.82, 2.24) is 5.32 Å². The zero-order valence-corrected chi connectivity index (χ0v) is 14.0. The van der Waals surface area contributed by atoms with Crippen LogP contribution in [0.4, 0.5) is 0 Å². The largest absolute Gasteiger partial charge is 0.487 e. The van der Waals surface area contributed by atoms with Crippen LogP contribution in [-0.2, 0) is 0 Å². The lowest BCUT2D eigenvalue weighted by Gasteiger charge is -2.40. The van der Waals surface area contributed by atoms with E-state index in [1.165, 1.54) is 37.7 Å². The number of rotatable bonds is 8. The van der Waals surface area contributed by atoms with E-state index < -0.39 is 0 Å². The van der Waals surface area contributed by atoms with Gasteiger partial charge in [0.05, 0.1) is 0 Å². The highest BCUT2D eigenvalue weighted by molar-refractivity contribution is 5.38. The topological polar surface area (TPSA) is 21.3 Å². The van der Waals surface area contributed by atoms with Gasteiger partial charge in [-0.3, -0.25) is 0 Å². The van der Waals surface area contributed by atoms with Gasteiger partial charge in [0.25, 0.3) is 0 Å². The molecule has 0 bridgehead atoms. The van der Waals surface area contributed by atoms with Crippen LogP contribution in [0.1, 0.15) is 77.3 Å². The van der Waals surface area contributed by atoms with Crippen molar-refractivity contribution in [3.8, 4) is 5.75 Å². The third-order valence-corrected chi connectivity index (χ3v) is 4.55. The second-order valence-electron chi connectivity index (χ2n) is 6.57. The molecule has 21 heavy (non-hydrogen) atoms. The lowest BCUT2D eigenvalue weighted by atomic mass is 9.85. The zero-order chi connectivity index (χ0) is 15.1. The van der Waals surface area contributed by atoms with Gasteiger partial charge in [-0.25, -0.2) is 0 Å². The first kappa shape index (κ1) is 16.4. The molecule has 2 unspecified atom stereocenters. The normalized spacial score (nSPS) is 24.4. The van der Waals surface area contributed by atoms with Crippen LogP contribution in [0.25, 0.3) is 0 Å². The molecule has 1 heterocycles. The van der Waals surface area contributed by atoms with Gasteiger partial charge in [0.15, 0.2) is 0 Å². The SMILES string of the molecule is CCCCCCCC1(C)CC(NCC)c2ccccc2O1. The van der Waals surface area contributed by atoms with Gasteiger partial charge in [-0.1, -0.05) is 57.7 Å². The van der Waals surface area contributed by atoms with Crippen LogP contribution in [0.5, 0.6) is 5.75 Å². The summed E-state index contributed by atoms with van der Waals surface area (Å²) in [5.74, 6) is 1.07. The summed E-state index contributed by atoms with van der Waals surface area (Å²) in [6.07, 6.45) is 8.88. The number of benzene rings is 1. The van der Waals surface area contributed by atoms with E-state index in [1.54, 1.807) is 0 Å². The molecule has 0 fully saturated rings. The maximum absolute atomic E-state index is 6.36. The van der Waals surface area contributed by atoms with Gasteiger partial charge in [-0.15, -0.1) is 0 Å². The summed E-state index contributed by atoms with van der Waals surface area (Å²) in [5.41, 5.74) is 1.30. The second kappa shape index (κ2) is 7.84. The van der Waals surface area contributed by atoms with Crippen molar-refractivity contribution >= 4 is 0 Å². The third kappa shape index (κ3) is 4.47. The van der Waals surface area contributed by atoms with E-state index in [0.717, 1.165) is 25.1 Å². The van der Waals surface area contributed by atoms with E-state index in [0.29, 0.717) is 6.04 Å². The van der Waals surface area contributed by atoms with Crippen LogP contribution >= 0.6 is 0 Å². The summed E-state index contributed by atoms with van der Waals surface area (Å²) in [4.78, 5) is 0. The van der Waals surface area contributed by atoms with E-state index in [-0.39, 0.29) is 5.60 Å². The van der Waals surface area contributed by atoms with E-state index in [1.807, 2.05) is 0 Å². The summed E-state index contributed by atoms with van der Waals surface area (Å²) in [7, 11) is 0. The van der Waals surface area contributed by atoms with Crippen molar-refractivity contribution in [2.75, 3.05) is 6.54 Å². The highest BCUT2D eigenvalue weighted by Gasteiger charge is 2.36. The highest BCUT2D eigenvalue weighted by atomic mass is 16.5. The Hall–Kier alpha value is -1.02. The summed E-state index contributed by atoms with van der Waals surface area (Å²) < 4.78 is 6.36. The highest BCUT2D eigenvalue weighted by Crippen LogP contribution is 2.41. The molecule has 0 radical (unpaired) electrons. The van der Waals surface area contributed by atoms with Gasteiger partial charge >= 0.3 is 0 Å². The fourth-order valence-corrected chi connectivity index (χ4v) is 3.39. The van der Waals surface area contributed by atoms with Gasteiger partial charge in [0.2, 0.25) is 0 Å². The average molecular weight is 289 g/mol. The first-order valence-corrected chi connectivity index (χ1v) is 8.70. The number of hydrogen-bond acceptors (Lipinski definition) is 2. The Morgan fingerprint density at radius 2 is 1.90 bits per heavy atom. The summed E-state index contributed by atoms with van der Waals surface area (Å²) in [6.45, 7) is 7.74. The van der Waals surface area contributed by atoms with Crippen molar-refractivity contribution in [3.63, 3.8) is 0 Å². The number of ether oxygens (including phenoxy) is 1. The minimum absolute atomic E-state index is 0.0204. The fraction of sp³-hybridized carbons (Fsp3) is 0.684. The zero-order valence-electron chi connectivity index (χ0n) is 14.0. The van der Waals surface area contributed by atoms with E-state index in [2.05, 4.69) is 50.4 Å². The van der Waals surface area contributed by atoms with Crippen LogP contribution in [-0.4, -0.2) is 12.1 Å². The summed E-state index contributed by atoms with van der Waals surface area (Å²) >= 11 is 0. The molecular weight excluding hydrogens is 258 g/mol. The number of fused-ring (bicyclic) bond motifs is 1. The Morgan fingerprint density at radius 3 is 2.67 bits per heavy atom. The first-order valence-electron chi connectivity index (χ1n) is 8.70. The molecule has 1 N–H and O–H groups in total. The average Bonchev–Trinajstić information content (AvgIpc) is 2.47.